The van der Waals surface area contributed by atoms with Crippen LogP contribution in [0.3, 0.4) is 0 Å². The van der Waals surface area contributed by atoms with E-state index in [1.165, 1.54) is 13.1 Å². The fourth-order valence-electron chi connectivity index (χ4n) is 3.26. The lowest BCUT2D eigenvalue weighted by molar-refractivity contribution is -0.117. The van der Waals surface area contributed by atoms with E-state index in [2.05, 4.69) is 28.4 Å². The van der Waals surface area contributed by atoms with Crippen LogP contribution in [0, 0.1) is 0 Å². The van der Waals surface area contributed by atoms with Crippen molar-refractivity contribution in [1.82, 2.24) is 15.3 Å². The van der Waals surface area contributed by atoms with E-state index < -0.39 is 12.8 Å². The highest BCUT2D eigenvalue weighted by molar-refractivity contribution is 6.32. The van der Waals surface area contributed by atoms with Crippen LogP contribution in [0.15, 0.2) is 43.6 Å². The Kier molecular flexibility index (Phi) is 7.22. The van der Waals surface area contributed by atoms with Gasteiger partial charge < -0.3 is 15.0 Å². The molecule has 1 saturated heterocycles. The monoisotopic (exact) mass is 448 g/mol. The first kappa shape index (κ1) is 22.7. The van der Waals surface area contributed by atoms with Crippen LogP contribution in [0.25, 0.3) is 11.3 Å². The molecule has 2 aromatic rings. The minimum absolute atomic E-state index is 0.0943. The number of halogens is 3. The first-order valence-corrected chi connectivity index (χ1v) is 10.1. The van der Waals surface area contributed by atoms with Crippen molar-refractivity contribution >= 4 is 34.6 Å². The second kappa shape index (κ2) is 9.87. The Morgan fingerprint density at radius 2 is 2.06 bits per heavy atom. The smallest absolute Gasteiger partial charge is 0.242 e. The first-order chi connectivity index (χ1) is 14.7. The third-order valence-electron chi connectivity index (χ3n) is 4.72. The SMILES string of the molecule is C=C(NC(C)=O)c1ccc(OC2CCN(c3nc(C(=C)CC(F)F)ncc3Cl)C2)cc1. The number of aromatic nitrogens is 2. The number of anilines is 1. The molecule has 0 bridgehead atoms. The van der Waals surface area contributed by atoms with Gasteiger partial charge in [-0.15, -0.1) is 0 Å². The van der Waals surface area contributed by atoms with Crippen molar-refractivity contribution in [3.63, 3.8) is 0 Å². The van der Waals surface area contributed by atoms with Crippen molar-refractivity contribution < 1.29 is 18.3 Å². The lowest BCUT2D eigenvalue weighted by atomic mass is 10.1. The van der Waals surface area contributed by atoms with Gasteiger partial charge in [-0.1, -0.05) is 24.8 Å². The fourth-order valence-corrected chi connectivity index (χ4v) is 3.47. The Hall–Kier alpha value is -3.00. The quantitative estimate of drug-likeness (QED) is 0.641. The second-order valence-electron chi connectivity index (χ2n) is 7.22. The van der Waals surface area contributed by atoms with Crippen LogP contribution in [-0.4, -0.2) is 41.5 Å². The molecule has 1 unspecified atom stereocenters. The molecule has 3 rings (SSSR count). The number of hydrogen-bond donors (Lipinski definition) is 1. The van der Waals surface area contributed by atoms with Crippen LogP contribution < -0.4 is 15.0 Å². The van der Waals surface area contributed by atoms with Crippen molar-refractivity contribution in [3.05, 3.63) is 60.0 Å². The summed E-state index contributed by atoms with van der Waals surface area (Å²) in [5, 5.41) is 2.99. The maximum absolute atomic E-state index is 12.6. The van der Waals surface area contributed by atoms with E-state index in [-0.39, 0.29) is 23.4 Å². The summed E-state index contributed by atoms with van der Waals surface area (Å²) < 4.78 is 31.3. The predicted molar refractivity (Wildman–Crippen MR) is 117 cm³/mol. The third kappa shape index (κ3) is 6.01. The van der Waals surface area contributed by atoms with Gasteiger partial charge in [-0.25, -0.2) is 18.7 Å². The maximum atomic E-state index is 12.6. The first-order valence-electron chi connectivity index (χ1n) is 9.70. The van der Waals surface area contributed by atoms with E-state index in [0.29, 0.717) is 35.4 Å². The van der Waals surface area contributed by atoms with Crippen LogP contribution in [0.5, 0.6) is 5.75 Å². The summed E-state index contributed by atoms with van der Waals surface area (Å²) in [4.78, 5) is 21.5. The molecule has 1 aromatic heterocycles. The zero-order valence-corrected chi connectivity index (χ0v) is 17.8. The molecule has 0 spiro atoms. The molecule has 1 amide bonds. The summed E-state index contributed by atoms with van der Waals surface area (Å²) in [6.45, 7) is 10.1. The number of carbonyl (C=O) groups is 1. The Balaban J connectivity index is 1.63. The molecule has 164 valence electrons. The van der Waals surface area contributed by atoms with Crippen molar-refractivity contribution in [3.8, 4) is 5.75 Å². The molecule has 0 radical (unpaired) electrons. The average Bonchev–Trinajstić information content (AvgIpc) is 3.16. The van der Waals surface area contributed by atoms with E-state index >= 15 is 0 Å². The van der Waals surface area contributed by atoms with Crippen LogP contribution >= 0.6 is 11.6 Å². The molecule has 0 saturated carbocycles. The topological polar surface area (TPSA) is 67.3 Å². The molecule has 1 atom stereocenters. The third-order valence-corrected chi connectivity index (χ3v) is 4.99. The molecular weight excluding hydrogens is 426 g/mol. The number of alkyl halides is 2. The number of allylic oxidation sites excluding steroid dienone is 1. The van der Waals surface area contributed by atoms with Gasteiger partial charge in [-0.05, 0) is 35.4 Å². The highest BCUT2D eigenvalue weighted by Crippen LogP contribution is 2.29. The largest absolute Gasteiger partial charge is 0.489 e. The summed E-state index contributed by atoms with van der Waals surface area (Å²) in [5.41, 5.74) is 1.48. The normalized spacial score (nSPS) is 15.8. The standard InChI is InChI=1S/C22H23ClF2N4O2/c1-13(10-20(24)25)21-26-11-19(23)22(28-21)29-9-8-18(12-29)31-17-6-4-16(5-7-17)14(2)27-15(3)30/h4-7,11,18,20H,1-2,8-10,12H2,3H3,(H,27,30). The van der Waals surface area contributed by atoms with Gasteiger partial charge in [-0.2, -0.15) is 0 Å². The summed E-state index contributed by atoms with van der Waals surface area (Å²) in [6, 6.07) is 7.27. The highest BCUT2D eigenvalue weighted by atomic mass is 35.5. The van der Waals surface area contributed by atoms with Crippen molar-refractivity contribution in [2.45, 2.75) is 32.3 Å². The molecule has 31 heavy (non-hydrogen) atoms. The molecule has 6 nitrogen and oxygen atoms in total. The Morgan fingerprint density at radius 1 is 1.35 bits per heavy atom. The number of nitrogens with one attached hydrogen (secondary N) is 1. The van der Waals surface area contributed by atoms with Crippen LogP contribution in [-0.2, 0) is 4.79 Å². The lowest BCUT2D eigenvalue weighted by Gasteiger charge is -2.20. The van der Waals surface area contributed by atoms with Gasteiger partial charge in [0.25, 0.3) is 0 Å². The van der Waals surface area contributed by atoms with E-state index in [9.17, 15) is 13.6 Å². The summed E-state index contributed by atoms with van der Waals surface area (Å²) in [5.74, 6) is 1.15. The van der Waals surface area contributed by atoms with Gasteiger partial charge in [0.05, 0.1) is 12.7 Å². The predicted octanol–water partition coefficient (Wildman–Crippen LogP) is 4.56. The van der Waals surface area contributed by atoms with Crippen LogP contribution in [0.2, 0.25) is 5.02 Å². The summed E-state index contributed by atoms with van der Waals surface area (Å²) in [6.07, 6.45) is -0.944. The number of benzene rings is 1. The molecule has 1 aliphatic heterocycles. The van der Waals surface area contributed by atoms with E-state index in [4.69, 9.17) is 16.3 Å². The van der Waals surface area contributed by atoms with Gasteiger partial charge in [0.2, 0.25) is 12.3 Å². The zero-order chi connectivity index (χ0) is 22.5. The molecule has 0 aliphatic carbocycles. The molecule has 1 fully saturated rings. The number of ether oxygens (including phenoxy) is 1. The lowest BCUT2D eigenvalue weighted by Crippen LogP contribution is -2.26. The number of rotatable bonds is 8. The molecular formula is C22H23ClF2N4O2. The molecule has 1 aliphatic rings. The van der Waals surface area contributed by atoms with Gasteiger partial charge in [-0.3, -0.25) is 4.79 Å². The average molecular weight is 449 g/mol. The van der Waals surface area contributed by atoms with Crippen molar-refractivity contribution in [1.29, 1.82) is 0 Å². The maximum Gasteiger partial charge on any atom is 0.242 e. The highest BCUT2D eigenvalue weighted by Gasteiger charge is 2.27. The summed E-state index contributed by atoms with van der Waals surface area (Å²) >= 11 is 6.25. The van der Waals surface area contributed by atoms with Crippen LogP contribution in [0.4, 0.5) is 14.6 Å². The molecule has 1 aromatic carbocycles. The van der Waals surface area contributed by atoms with Crippen molar-refractivity contribution in [2.24, 2.45) is 0 Å². The summed E-state index contributed by atoms with van der Waals surface area (Å²) in [7, 11) is 0. The van der Waals surface area contributed by atoms with Gasteiger partial charge in [0.1, 0.15) is 16.9 Å². The Bertz CT molecular complexity index is 982. The van der Waals surface area contributed by atoms with Gasteiger partial charge in [0.15, 0.2) is 11.6 Å². The minimum atomic E-state index is -2.51. The zero-order valence-electron chi connectivity index (χ0n) is 17.1. The van der Waals surface area contributed by atoms with E-state index in [1.54, 1.807) is 0 Å². The number of hydrogen-bond acceptors (Lipinski definition) is 5. The Labute approximate surface area is 184 Å². The number of amides is 1. The van der Waals surface area contributed by atoms with Crippen LogP contribution in [0.1, 0.15) is 31.2 Å². The Morgan fingerprint density at radius 3 is 2.71 bits per heavy atom. The number of nitrogens with zero attached hydrogens (tertiary/aromatic N) is 3. The second-order valence-corrected chi connectivity index (χ2v) is 7.63. The van der Waals surface area contributed by atoms with E-state index in [1.807, 2.05) is 29.2 Å². The fraction of sp³-hybridized carbons (Fsp3) is 0.318. The minimum Gasteiger partial charge on any atom is -0.489 e. The number of carbonyl (C=O) groups excluding carboxylic acids is 1. The molecule has 9 heteroatoms. The van der Waals surface area contributed by atoms with Gasteiger partial charge >= 0.3 is 0 Å². The van der Waals surface area contributed by atoms with Gasteiger partial charge in [0, 0.05) is 32.0 Å². The molecule has 2 heterocycles. The van der Waals surface area contributed by atoms with E-state index in [0.717, 1.165) is 12.0 Å². The molecule has 1 N–H and O–H groups in total. The van der Waals surface area contributed by atoms with Crippen molar-refractivity contribution in [2.75, 3.05) is 18.0 Å².